The molecular weight excluding hydrogens is 401 g/mol. The first kappa shape index (κ1) is 20.7. The molecule has 1 aromatic heterocycles. The lowest BCUT2D eigenvalue weighted by molar-refractivity contribution is 0.0749. The molecule has 0 bridgehead atoms. The van der Waals surface area contributed by atoms with Crippen LogP contribution in [-0.4, -0.2) is 51.7 Å². The van der Waals surface area contributed by atoms with Gasteiger partial charge in [-0.3, -0.25) is 14.6 Å². The van der Waals surface area contributed by atoms with Crippen LogP contribution in [0.5, 0.6) is 0 Å². The molecule has 3 heterocycles. The number of rotatable bonds is 5. The van der Waals surface area contributed by atoms with E-state index in [1.165, 1.54) is 12.1 Å². The third-order valence-corrected chi connectivity index (χ3v) is 5.28. The fraction of sp³-hybridized carbons (Fsp3) is 0.333. The van der Waals surface area contributed by atoms with Crippen molar-refractivity contribution in [2.75, 3.05) is 18.4 Å². The first-order valence-corrected chi connectivity index (χ1v) is 10.2. The topological polar surface area (TPSA) is 102 Å². The normalized spacial score (nSPS) is 15.6. The number of hydrogen-bond donors (Lipinski definition) is 3. The molecule has 4 rings (SSSR count). The lowest BCUT2D eigenvalue weighted by Crippen LogP contribution is -2.45. The highest BCUT2D eigenvalue weighted by Gasteiger charge is 2.27. The molecule has 2 aromatic rings. The summed E-state index contributed by atoms with van der Waals surface area (Å²) < 4.78 is 14.7. The van der Waals surface area contributed by atoms with E-state index >= 15 is 0 Å². The fourth-order valence-corrected chi connectivity index (χ4v) is 3.63. The van der Waals surface area contributed by atoms with Gasteiger partial charge in [-0.2, -0.15) is 0 Å². The van der Waals surface area contributed by atoms with Crippen LogP contribution in [0.1, 0.15) is 52.7 Å². The number of amides is 2. The number of likely N-dealkylation sites (N-methyl/N-ethyl adjacent to an activating group) is 1. The van der Waals surface area contributed by atoms with Crippen molar-refractivity contribution in [2.45, 2.75) is 33.2 Å². The van der Waals surface area contributed by atoms with Gasteiger partial charge in [0.1, 0.15) is 17.3 Å². The number of benzene rings is 1. The molecule has 0 fully saturated rings. The van der Waals surface area contributed by atoms with Crippen LogP contribution in [-0.2, 0) is 6.42 Å². The summed E-state index contributed by atoms with van der Waals surface area (Å²) in [7, 11) is 0. The van der Waals surface area contributed by atoms with Crippen LogP contribution in [0.15, 0.2) is 35.4 Å². The van der Waals surface area contributed by atoms with Crippen LogP contribution >= 0.6 is 0 Å². The molecule has 10 heteroatoms. The van der Waals surface area contributed by atoms with Gasteiger partial charge in [0, 0.05) is 24.7 Å². The minimum absolute atomic E-state index is 0.110. The first-order chi connectivity index (χ1) is 14.9. The van der Waals surface area contributed by atoms with Gasteiger partial charge < -0.3 is 10.2 Å². The van der Waals surface area contributed by atoms with Crippen molar-refractivity contribution in [3.63, 3.8) is 0 Å². The molecule has 0 unspecified atom stereocenters. The molecule has 2 amide bonds. The number of fused-ring (bicyclic) bond motifs is 1. The predicted octanol–water partition coefficient (Wildman–Crippen LogP) is 1.89. The maximum absolute atomic E-state index is 14.7. The van der Waals surface area contributed by atoms with E-state index < -0.39 is 11.7 Å². The number of halogens is 1. The van der Waals surface area contributed by atoms with Crippen LogP contribution in [0.2, 0.25) is 0 Å². The Morgan fingerprint density at radius 2 is 2.13 bits per heavy atom. The van der Waals surface area contributed by atoms with Gasteiger partial charge in [0.25, 0.3) is 11.8 Å². The average molecular weight is 425 g/mol. The zero-order chi connectivity index (χ0) is 22.1. The van der Waals surface area contributed by atoms with Gasteiger partial charge in [0.15, 0.2) is 5.84 Å². The Labute approximate surface area is 179 Å². The zero-order valence-electron chi connectivity index (χ0n) is 17.6. The molecule has 0 radical (unpaired) electrons. The Bertz CT molecular complexity index is 1070. The van der Waals surface area contributed by atoms with E-state index in [9.17, 15) is 14.0 Å². The van der Waals surface area contributed by atoms with Gasteiger partial charge in [0.05, 0.1) is 5.56 Å². The second kappa shape index (κ2) is 8.31. The zero-order valence-corrected chi connectivity index (χ0v) is 17.6. The minimum Gasteiger partial charge on any atom is -0.339 e. The number of amidine groups is 1. The number of aromatic nitrogens is 1. The van der Waals surface area contributed by atoms with Crippen molar-refractivity contribution in [1.82, 2.24) is 26.0 Å². The van der Waals surface area contributed by atoms with E-state index in [-0.39, 0.29) is 23.3 Å². The molecule has 2 aliphatic rings. The SMILES string of the molecule is CCN1CCc2cc(F)c(C(=O)Nc3cccc(C4=NNNN4C(C)C)n3)cc2C1=O. The van der Waals surface area contributed by atoms with Gasteiger partial charge >= 0.3 is 0 Å². The number of carbonyl (C=O) groups is 2. The van der Waals surface area contributed by atoms with Crippen molar-refractivity contribution >= 4 is 23.5 Å². The molecule has 0 spiro atoms. The smallest absolute Gasteiger partial charge is 0.259 e. The third kappa shape index (κ3) is 3.93. The molecule has 2 aliphatic heterocycles. The number of hydrazine groups is 2. The number of nitrogens with one attached hydrogen (secondary N) is 3. The minimum atomic E-state index is -0.670. The summed E-state index contributed by atoms with van der Waals surface area (Å²) >= 11 is 0. The predicted molar refractivity (Wildman–Crippen MR) is 114 cm³/mol. The summed E-state index contributed by atoms with van der Waals surface area (Å²) in [5.74, 6) is -0.705. The van der Waals surface area contributed by atoms with E-state index in [0.717, 1.165) is 0 Å². The monoisotopic (exact) mass is 425 g/mol. The molecule has 9 nitrogen and oxygen atoms in total. The van der Waals surface area contributed by atoms with Crippen LogP contribution in [0.3, 0.4) is 0 Å². The van der Waals surface area contributed by atoms with E-state index in [1.807, 2.05) is 20.8 Å². The van der Waals surface area contributed by atoms with Crippen molar-refractivity contribution < 1.29 is 14.0 Å². The van der Waals surface area contributed by atoms with E-state index in [1.54, 1.807) is 28.1 Å². The molecule has 1 aromatic carbocycles. The highest BCUT2D eigenvalue weighted by molar-refractivity contribution is 6.07. The molecule has 0 aliphatic carbocycles. The van der Waals surface area contributed by atoms with Gasteiger partial charge in [-0.1, -0.05) is 6.07 Å². The van der Waals surface area contributed by atoms with Crippen molar-refractivity contribution in [3.8, 4) is 0 Å². The molecular formula is C21H24FN7O2. The summed E-state index contributed by atoms with van der Waals surface area (Å²) in [6.07, 6.45) is 0.563. The molecule has 3 N–H and O–H groups in total. The van der Waals surface area contributed by atoms with Crippen molar-refractivity contribution in [3.05, 3.63) is 58.5 Å². The standard InChI is InChI=1S/C21H24FN7O2/c1-4-28-9-8-13-10-16(22)15(11-14(13)21(28)31)20(30)24-18-7-5-6-17(23-18)19-25-26-27-29(19)12(2)3/h5-7,10-12,26-27H,4,8-9H2,1-3H3,(H,23,24,30). The van der Waals surface area contributed by atoms with Gasteiger partial charge in [-0.25, -0.2) is 14.9 Å². The number of hydrazone groups is 1. The summed E-state index contributed by atoms with van der Waals surface area (Å²) in [4.78, 5) is 31.5. The Morgan fingerprint density at radius 3 is 2.87 bits per heavy atom. The lowest BCUT2D eigenvalue weighted by Gasteiger charge is -2.27. The van der Waals surface area contributed by atoms with Gasteiger partial charge in [0.2, 0.25) is 0 Å². The Kier molecular flexibility index (Phi) is 5.55. The van der Waals surface area contributed by atoms with E-state index in [0.29, 0.717) is 42.2 Å². The van der Waals surface area contributed by atoms with E-state index in [4.69, 9.17) is 0 Å². The molecule has 0 saturated carbocycles. The summed E-state index contributed by atoms with van der Waals surface area (Å²) in [5.41, 5.74) is 6.92. The highest BCUT2D eigenvalue weighted by atomic mass is 19.1. The number of carbonyl (C=O) groups excluding carboxylic acids is 2. The maximum atomic E-state index is 14.7. The Hall–Kier alpha value is -3.53. The number of anilines is 1. The Balaban J connectivity index is 1.58. The van der Waals surface area contributed by atoms with Crippen LogP contribution in [0, 0.1) is 5.82 Å². The first-order valence-electron chi connectivity index (χ1n) is 10.2. The maximum Gasteiger partial charge on any atom is 0.259 e. The summed E-state index contributed by atoms with van der Waals surface area (Å²) in [6.45, 7) is 6.97. The van der Waals surface area contributed by atoms with Crippen LogP contribution in [0.25, 0.3) is 0 Å². The highest BCUT2D eigenvalue weighted by Crippen LogP contribution is 2.23. The third-order valence-electron chi connectivity index (χ3n) is 5.28. The van der Waals surface area contributed by atoms with E-state index in [2.05, 4.69) is 26.5 Å². The molecule has 162 valence electrons. The number of pyridine rings is 1. The number of nitrogens with zero attached hydrogens (tertiary/aromatic N) is 4. The largest absolute Gasteiger partial charge is 0.339 e. The molecule has 31 heavy (non-hydrogen) atoms. The van der Waals surface area contributed by atoms with Crippen LogP contribution in [0.4, 0.5) is 10.2 Å². The van der Waals surface area contributed by atoms with Crippen molar-refractivity contribution in [2.24, 2.45) is 5.10 Å². The second-order valence-electron chi connectivity index (χ2n) is 7.61. The fourth-order valence-electron chi connectivity index (χ4n) is 3.63. The molecule has 0 atom stereocenters. The van der Waals surface area contributed by atoms with Crippen LogP contribution < -0.4 is 16.4 Å². The number of hydrogen-bond acceptors (Lipinski definition) is 7. The van der Waals surface area contributed by atoms with Gasteiger partial charge in [-0.15, -0.1) is 10.6 Å². The second-order valence-corrected chi connectivity index (χ2v) is 7.61. The average Bonchev–Trinajstić information content (AvgIpc) is 3.24. The van der Waals surface area contributed by atoms with Crippen molar-refractivity contribution in [1.29, 1.82) is 0 Å². The van der Waals surface area contributed by atoms with Gasteiger partial charge in [-0.05, 0) is 57.0 Å². The Morgan fingerprint density at radius 1 is 1.32 bits per heavy atom. The summed E-state index contributed by atoms with van der Waals surface area (Å²) in [6, 6.07) is 7.82. The quantitative estimate of drug-likeness (QED) is 0.676. The summed E-state index contributed by atoms with van der Waals surface area (Å²) in [5, 5.41) is 8.60. The molecule has 0 saturated heterocycles. The lowest BCUT2D eigenvalue weighted by atomic mass is 9.96.